The lowest BCUT2D eigenvalue weighted by Crippen LogP contribution is -2.40. The van der Waals surface area contributed by atoms with Gasteiger partial charge in [-0.1, -0.05) is 29.5 Å². The lowest BCUT2D eigenvalue weighted by atomic mass is 10.2. The zero-order valence-electron chi connectivity index (χ0n) is 13.9. The number of nitrogens with one attached hydrogen (secondary N) is 2. The second-order valence-corrected chi connectivity index (χ2v) is 6.55. The maximum Gasteiger partial charge on any atom is 0.239 e. The summed E-state index contributed by atoms with van der Waals surface area (Å²) in [5, 5.41) is 13.9. The van der Waals surface area contributed by atoms with E-state index < -0.39 is 0 Å². The largest absolute Gasteiger partial charge is 0.352 e. The van der Waals surface area contributed by atoms with Gasteiger partial charge in [0.05, 0.1) is 12.3 Å². The lowest BCUT2D eigenvalue weighted by Gasteiger charge is -2.09. The van der Waals surface area contributed by atoms with Gasteiger partial charge in [0, 0.05) is 11.7 Å². The van der Waals surface area contributed by atoms with E-state index in [1.165, 1.54) is 17.3 Å². The molecule has 128 valence electrons. The van der Waals surface area contributed by atoms with E-state index in [-0.39, 0.29) is 30.2 Å². The first kappa shape index (κ1) is 18.0. The van der Waals surface area contributed by atoms with Crippen molar-refractivity contribution in [1.29, 1.82) is 0 Å². The maximum atomic E-state index is 11.9. The molecule has 0 aliphatic carbocycles. The van der Waals surface area contributed by atoms with Crippen LogP contribution in [0.4, 0.5) is 0 Å². The Hall–Kier alpha value is -2.35. The second kappa shape index (κ2) is 8.49. The molecule has 0 aliphatic rings. The van der Waals surface area contributed by atoms with Gasteiger partial charge in [-0.2, -0.15) is 0 Å². The SMILES string of the molecule is Cc1ccc(-n2cnnc2SCC(=O)NCC(=O)NC(C)C)cc1. The molecular formula is C16H21N5O2S. The van der Waals surface area contributed by atoms with Crippen LogP contribution in [0, 0.1) is 6.92 Å². The van der Waals surface area contributed by atoms with E-state index in [0.29, 0.717) is 5.16 Å². The van der Waals surface area contributed by atoms with E-state index in [0.717, 1.165) is 5.69 Å². The highest BCUT2D eigenvalue weighted by molar-refractivity contribution is 7.99. The molecule has 0 fully saturated rings. The molecule has 0 atom stereocenters. The highest BCUT2D eigenvalue weighted by Gasteiger charge is 2.11. The summed E-state index contributed by atoms with van der Waals surface area (Å²) in [6, 6.07) is 8.00. The summed E-state index contributed by atoms with van der Waals surface area (Å²) in [6.45, 7) is 5.73. The van der Waals surface area contributed by atoms with Crippen molar-refractivity contribution in [2.45, 2.75) is 32.0 Å². The fourth-order valence-electron chi connectivity index (χ4n) is 1.94. The van der Waals surface area contributed by atoms with Crippen molar-refractivity contribution in [3.8, 4) is 5.69 Å². The monoisotopic (exact) mass is 347 g/mol. The van der Waals surface area contributed by atoms with Crippen LogP contribution in [-0.2, 0) is 9.59 Å². The Morgan fingerprint density at radius 2 is 1.92 bits per heavy atom. The molecule has 2 amide bonds. The molecule has 2 aromatic rings. The minimum atomic E-state index is -0.225. The highest BCUT2D eigenvalue weighted by atomic mass is 32.2. The van der Waals surface area contributed by atoms with Crippen molar-refractivity contribution in [3.63, 3.8) is 0 Å². The number of carbonyl (C=O) groups excluding carboxylic acids is 2. The van der Waals surface area contributed by atoms with Gasteiger partial charge in [0.25, 0.3) is 0 Å². The van der Waals surface area contributed by atoms with Crippen molar-refractivity contribution in [3.05, 3.63) is 36.2 Å². The molecule has 2 N–H and O–H groups in total. The molecule has 0 aliphatic heterocycles. The van der Waals surface area contributed by atoms with Gasteiger partial charge >= 0.3 is 0 Å². The lowest BCUT2D eigenvalue weighted by molar-refractivity contribution is -0.125. The highest BCUT2D eigenvalue weighted by Crippen LogP contribution is 2.19. The number of carbonyl (C=O) groups is 2. The number of amides is 2. The van der Waals surface area contributed by atoms with E-state index in [1.807, 2.05) is 49.6 Å². The van der Waals surface area contributed by atoms with Crippen molar-refractivity contribution in [1.82, 2.24) is 25.4 Å². The fraction of sp³-hybridized carbons (Fsp3) is 0.375. The van der Waals surface area contributed by atoms with Crippen LogP contribution in [-0.4, -0.2) is 44.9 Å². The van der Waals surface area contributed by atoms with E-state index in [1.54, 1.807) is 6.33 Å². The summed E-state index contributed by atoms with van der Waals surface area (Å²) < 4.78 is 1.82. The van der Waals surface area contributed by atoms with E-state index in [2.05, 4.69) is 20.8 Å². The Balaban J connectivity index is 1.87. The number of benzene rings is 1. The normalized spacial score (nSPS) is 10.7. The van der Waals surface area contributed by atoms with E-state index in [4.69, 9.17) is 0 Å². The van der Waals surface area contributed by atoms with E-state index in [9.17, 15) is 9.59 Å². The van der Waals surface area contributed by atoms with Crippen LogP contribution >= 0.6 is 11.8 Å². The zero-order chi connectivity index (χ0) is 17.5. The van der Waals surface area contributed by atoms with Crippen molar-refractivity contribution in [2.75, 3.05) is 12.3 Å². The van der Waals surface area contributed by atoms with Gasteiger partial charge in [0.1, 0.15) is 6.33 Å². The second-order valence-electron chi connectivity index (χ2n) is 5.61. The summed E-state index contributed by atoms with van der Waals surface area (Å²) >= 11 is 1.27. The van der Waals surface area contributed by atoms with Gasteiger partial charge in [-0.3, -0.25) is 14.2 Å². The third-order valence-corrected chi connectivity index (χ3v) is 4.00. The van der Waals surface area contributed by atoms with Crippen LogP contribution in [0.3, 0.4) is 0 Å². The number of rotatable bonds is 7. The molecule has 7 nitrogen and oxygen atoms in total. The molecule has 0 unspecified atom stereocenters. The Morgan fingerprint density at radius 3 is 2.58 bits per heavy atom. The predicted octanol–water partition coefficient (Wildman–Crippen LogP) is 1.31. The molecule has 0 saturated carbocycles. The molecule has 2 rings (SSSR count). The van der Waals surface area contributed by atoms with Gasteiger partial charge in [0.15, 0.2) is 5.16 Å². The van der Waals surface area contributed by atoms with Crippen LogP contribution in [0.2, 0.25) is 0 Å². The molecule has 0 radical (unpaired) electrons. The fourth-order valence-corrected chi connectivity index (χ4v) is 2.70. The standard InChI is InChI=1S/C16H21N5O2S/c1-11(2)19-14(22)8-17-15(23)9-24-16-20-18-10-21(16)13-6-4-12(3)5-7-13/h4-7,10-11H,8-9H2,1-3H3,(H,17,23)(H,19,22). The first-order chi connectivity index (χ1) is 11.5. The van der Waals surface area contributed by atoms with Gasteiger partial charge < -0.3 is 10.6 Å². The summed E-state index contributed by atoms with van der Waals surface area (Å²) in [7, 11) is 0. The maximum absolute atomic E-state index is 11.9. The van der Waals surface area contributed by atoms with Crippen LogP contribution in [0.1, 0.15) is 19.4 Å². The molecule has 8 heteroatoms. The topological polar surface area (TPSA) is 88.9 Å². The number of aromatic nitrogens is 3. The third kappa shape index (κ3) is 5.38. The Morgan fingerprint density at radius 1 is 1.21 bits per heavy atom. The van der Waals surface area contributed by atoms with Crippen molar-refractivity contribution < 1.29 is 9.59 Å². The summed E-state index contributed by atoms with van der Waals surface area (Å²) in [4.78, 5) is 23.3. The van der Waals surface area contributed by atoms with Gasteiger partial charge in [-0.25, -0.2) is 0 Å². The Bertz CT molecular complexity index is 697. The van der Waals surface area contributed by atoms with E-state index >= 15 is 0 Å². The summed E-state index contributed by atoms with van der Waals surface area (Å²) in [5.41, 5.74) is 2.10. The first-order valence-corrected chi connectivity index (χ1v) is 8.60. The predicted molar refractivity (Wildman–Crippen MR) is 93.1 cm³/mol. The molecule has 1 aromatic carbocycles. The quantitative estimate of drug-likeness (QED) is 0.737. The molecule has 1 heterocycles. The van der Waals surface area contributed by atoms with Gasteiger partial charge in [0.2, 0.25) is 11.8 Å². The molecule has 0 bridgehead atoms. The number of thioether (sulfide) groups is 1. The number of hydrogen-bond donors (Lipinski definition) is 2. The van der Waals surface area contributed by atoms with Crippen LogP contribution in [0.25, 0.3) is 5.69 Å². The average molecular weight is 347 g/mol. The van der Waals surface area contributed by atoms with Crippen LogP contribution in [0.15, 0.2) is 35.7 Å². The number of aryl methyl sites for hydroxylation is 1. The minimum absolute atomic E-state index is 0.0256. The Labute approximate surface area is 145 Å². The van der Waals surface area contributed by atoms with Crippen LogP contribution in [0.5, 0.6) is 0 Å². The minimum Gasteiger partial charge on any atom is -0.352 e. The molecule has 24 heavy (non-hydrogen) atoms. The Kier molecular flexibility index (Phi) is 6.36. The van der Waals surface area contributed by atoms with Crippen LogP contribution < -0.4 is 10.6 Å². The third-order valence-electron chi connectivity index (χ3n) is 3.06. The molecule has 0 spiro atoms. The summed E-state index contributed by atoms with van der Waals surface area (Å²) in [6.07, 6.45) is 1.61. The number of nitrogens with zero attached hydrogens (tertiary/aromatic N) is 3. The first-order valence-electron chi connectivity index (χ1n) is 7.61. The average Bonchev–Trinajstić information content (AvgIpc) is 2.99. The van der Waals surface area contributed by atoms with Gasteiger partial charge in [-0.15, -0.1) is 10.2 Å². The molecular weight excluding hydrogens is 326 g/mol. The zero-order valence-corrected chi connectivity index (χ0v) is 14.8. The summed E-state index contributed by atoms with van der Waals surface area (Å²) in [5.74, 6) is -0.261. The van der Waals surface area contributed by atoms with Crippen molar-refractivity contribution in [2.24, 2.45) is 0 Å². The molecule has 0 saturated heterocycles. The van der Waals surface area contributed by atoms with Crippen molar-refractivity contribution >= 4 is 23.6 Å². The van der Waals surface area contributed by atoms with Gasteiger partial charge in [-0.05, 0) is 32.9 Å². The smallest absolute Gasteiger partial charge is 0.239 e. The molecule has 1 aromatic heterocycles. The number of hydrogen-bond acceptors (Lipinski definition) is 5.